The Kier molecular flexibility index (Phi) is 4.08. The van der Waals surface area contributed by atoms with Gasteiger partial charge in [-0.3, -0.25) is 4.68 Å². The third-order valence-corrected chi connectivity index (χ3v) is 1.85. The van der Waals surface area contributed by atoms with Crippen molar-refractivity contribution in [3.8, 4) is 0 Å². The molecule has 1 aromatic rings. The van der Waals surface area contributed by atoms with Crippen LogP contribution in [0.1, 0.15) is 24.3 Å². The van der Waals surface area contributed by atoms with E-state index in [2.05, 4.69) is 19.9 Å². The van der Waals surface area contributed by atoms with E-state index in [-0.39, 0.29) is 11.8 Å². The second kappa shape index (κ2) is 5.33. The summed E-state index contributed by atoms with van der Waals surface area (Å²) in [6.07, 6.45) is -1.35. The summed E-state index contributed by atoms with van der Waals surface area (Å²) < 4.78 is 10.5. The lowest BCUT2D eigenvalue weighted by atomic mass is 10.4. The summed E-state index contributed by atoms with van der Waals surface area (Å²) in [6.45, 7) is 3.32. The Morgan fingerprint density at radius 1 is 1.47 bits per heavy atom. The van der Waals surface area contributed by atoms with Crippen LogP contribution in [-0.2, 0) is 16.5 Å². The number of aryl methyl sites for hydroxylation is 1. The molecule has 0 saturated carbocycles. The Morgan fingerprint density at radius 3 is 2.59 bits per heavy atom. The van der Waals surface area contributed by atoms with E-state index in [1.165, 1.54) is 10.7 Å². The van der Waals surface area contributed by atoms with Crippen LogP contribution in [0.25, 0.3) is 0 Å². The molecule has 7 nitrogen and oxygen atoms in total. The summed E-state index contributed by atoms with van der Waals surface area (Å²) in [6, 6.07) is 1.48. The maximum Gasteiger partial charge on any atom is 0.516 e. The molecule has 1 heterocycles. The molecule has 0 unspecified atom stereocenters. The summed E-state index contributed by atoms with van der Waals surface area (Å²) in [4.78, 5) is 22.7. The van der Waals surface area contributed by atoms with Crippen LogP contribution < -0.4 is 5.32 Å². The number of anilines is 1. The Morgan fingerprint density at radius 2 is 2.12 bits per heavy atom. The third kappa shape index (κ3) is 3.47. The van der Waals surface area contributed by atoms with Gasteiger partial charge >= 0.3 is 12.1 Å². The average Bonchev–Trinajstić information content (AvgIpc) is 2.58. The van der Waals surface area contributed by atoms with E-state index < -0.39 is 12.1 Å². The van der Waals surface area contributed by atoms with E-state index in [1.807, 2.05) is 0 Å². The molecule has 1 N–H and O–H groups in total. The lowest BCUT2D eigenvalue weighted by Crippen LogP contribution is -2.19. The molecule has 0 saturated heterocycles. The van der Waals surface area contributed by atoms with Crippen LogP contribution in [-0.4, -0.2) is 35.1 Å². The first kappa shape index (κ1) is 13.0. The zero-order chi connectivity index (χ0) is 13.0. The molecule has 0 spiro atoms. The highest BCUT2D eigenvalue weighted by Gasteiger charge is 2.19. The predicted octanol–water partition coefficient (Wildman–Crippen LogP) is 1.16. The lowest BCUT2D eigenvalue weighted by Gasteiger charge is -2.06. The molecule has 0 amide bonds. The highest BCUT2D eigenvalue weighted by molar-refractivity contribution is 5.94. The maximum absolute atomic E-state index is 11.6. The van der Waals surface area contributed by atoms with Crippen molar-refractivity contribution in [2.45, 2.75) is 20.0 Å². The van der Waals surface area contributed by atoms with Crippen molar-refractivity contribution in [1.29, 1.82) is 0 Å². The molecule has 0 bridgehead atoms. The van der Waals surface area contributed by atoms with Crippen LogP contribution in [0.5, 0.6) is 0 Å². The standard InChI is InChI=1S/C10H15N3O4/c1-6(2)16-10(15)17-9(14)7-5-8(11-3)12-13(7)4/h5-6H,1-4H3,(H,11,12). The summed E-state index contributed by atoms with van der Waals surface area (Å²) in [7, 11) is 3.25. The molecule has 17 heavy (non-hydrogen) atoms. The van der Waals surface area contributed by atoms with Gasteiger partial charge in [-0.05, 0) is 13.8 Å². The predicted molar refractivity (Wildman–Crippen MR) is 59.8 cm³/mol. The second-order valence-corrected chi connectivity index (χ2v) is 3.59. The maximum atomic E-state index is 11.6. The van der Waals surface area contributed by atoms with Crippen LogP contribution in [0.4, 0.5) is 10.6 Å². The van der Waals surface area contributed by atoms with Crippen molar-refractivity contribution in [3.05, 3.63) is 11.8 Å². The van der Waals surface area contributed by atoms with Gasteiger partial charge in [0.2, 0.25) is 0 Å². The van der Waals surface area contributed by atoms with Crippen molar-refractivity contribution in [3.63, 3.8) is 0 Å². The van der Waals surface area contributed by atoms with E-state index in [0.29, 0.717) is 5.82 Å². The summed E-state index contributed by atoms with van der Waals surface area (Å²) in [5.41, 5.74) is 0.162. The fraction of sp³-hybridized carbons (Fsp3) is 0.500. The first-order valence-corrected chi connectivity index (χ1v) is 5.08. The van der Waals surface area contributed by atoms with Gasteiger partial charge in [0.15, 0.2) is 0 Å². The summed E-state index contributed by atoms with van der Waals surface area (Å²) in [5, 5.41) is 6.74. The first-order chi connectivity index (χ1) is 7.93. The number of nitrogens with one attached hydrogen (secondary N) is 1. The molecule has 0 aromatic carbocycles. The number of carbonyl (C=O) groups is 2. The monoisotopic (exact) mass is 241 g/mol. The smallest absolute Gasteiger partial charge is 0.431 e. The Hall–Kier alpha value is -2.05. The number of aromatic nitrogens is 2. The number of nitrogens with zero attached hydrogens (tertiary/aromatic N) is 2. The van der Waals surface area contributed by atoms with Gasteiger partial charge in [0.25, 0.3) is 0 Å². The summed E-state index contributed by atoms with van der Waals surface area (Å²) >= 11 is 0. The van der Waals surface area contributed by atoms with E-state index in [9.17, 15) is 9.59 Å². The Labute approximate surface area is 98.7 Å². The molecule has 0 fully saturated rings. The van der Waals surface area contributed by atoms with Gasteiger partial charge in [-0.25, -0.2) is 9.59 Å². The second-order valence-electron chi connectivity index (χ2n) is 3.59. The molecule has 0 atom stereocenters. The normalized spacial score (nSPS) is 10.2. The molecule has 0 aliphatic carbocycles. The Bertz CT molecular complexity index is 425. The van der Waals surface area contributed by atoms with E-state index >= 15 is 0 Å². The SMILES string of the molecule is CNc1cc(C(=O)OC(=O)OC(C)C)n(C)n1. The third-order valence-electron chi connectivity index (χ3n) is 1.85. The number of esters is 1. The zero-order valence-electron chi connectivity index (χ0n) is 10.2. The number of carbonyl (C=O) groups excluding carboxylic acids is 2. The van der Waals surface area contributed by atoms with Crippen molar-refractivity contribution >= 4 is 17.9 Å². The van der Waals surface area contributed by atoms with Gasteiger partial charge < -0.3 is 14.8 Å². The average molecular weight is 241 g/mol. The molecule has 0 aliphatic rings. The quantitative estimate of drug-likeness (QED) is 0.631. The van der Waals surface area contributed by atoms with E-state index in [4.69, 9.17) is 0 Å². The van der Waals surface area contributed by atoms with Gasteiger partial charge in [0.1, 0.15) is 11.5 Å². The minimum Gasteiger partial charge on any atom is -0.431 e. The van der Waals surface area contributed by atoms with Crippen molar-refractivity contribution < 1.29 is 19.1 Å². The molecule has 0 aliphatic heterocycles. The number of hydrogen-bond donors (Lipinski definition) is 1. The molecule has 0 radical (unpaired) electrons. The molecule has 1 aromatic heterocycles. The van der Waals surface area contributed by atoms with Crippen molar-refractivity contribution in [1.82, 2.24) is 9.78 Å². The van der Waals surface area contributed by atoms with Gasteiger partial charge in [-0.1, -0.05) is 0 Å². The molecular formula is C10H15N3O4. The van der Waals surface area contributed by atoms with E-state index in [1.54, 1.807) is 27.9 Å². The minimum absolute atomic E-state index is 0.162. The number of hydrogen-bond acceptors (Lipinski definition) is 6. The fourth-order valence-electron chi connectivity index (χ4n) is 1.12. The van der Waals surface area contributed by atoms with Gasteiger partial charge in [0, 0.05) is 20.2 Å². The highest BCUT2D eigenvalue weighted by atomic mass is 16.7. The number of ether oxygens (including phenoxy) is 2. The minimum atomic E-state index is -1.02. The lowest BCUT2D eigenvalue weighted by molar-refractivity contribution is 0.0275. The first-order valence-electron chi connectivity index (χ1n) is 5.08. The molecule has 94 valence electrons. The molecule has 1 rings (SSSR count). The van der Waals surface area contributed by atoms with Gasteiger partial charge in [-0.15, -0.1) is 0 Å². The topological polar surface area (TPSA) is 82.5 Å². The zero-order valence-corrected chi connectivity index (χ0v) is 10.2. The highest BCUT2D eigenvalue weighted by Crippen LogP contribution is 2.09. The molecular weight excluding hydrogens is 226 g/mol. The fourth-order valence-corrected chi connectivity index (χ4v) is 1.12. The van der Waals surface area contributed by atoms with Crippen LogP contribution in [0.3, 0.4) is 0 Å². The van der Waals surface area contributed by atoms with E-state index in [0.717, 1.165) is 0 Å². The van der Waals surface area contributed by atoms with Crippen LogP contribution in [0.2, 0.25) is 0 Å². The van der Waals surface area contributed by atoms with Crippen LogP contribution in [0.15, 0.2) is 6.07 Å². The Balaban J connectivity index is 2.69. The van der Waals surface area contributed by atoms with Gasteiger partial charge in [-0.2, -0.15) is 5.10 Å². The van der Waals surface area contributed by atoms with Crippen molar-refractivity contribution in [2.75, 3.05) is 12.4 Å². The van der Waals surface area contributed by atoms with Crippen LogP contribution in [0, 0.1) is 0 Å². The van der Waals surface area contributed by atoms with Gasteiger partial charge in [0.05, 0.1) is 6.10 Å². The summed E-state index contributed by atoms with van der Waals surface area (Å²) in [5.74, 6) is -0.288. The number of rotatable bonds is 3. The molecule has 7 heteroatoms. The largest absolute Gasteiger partial charge is 0.516 e. The van der Waals surface area contributed by atoms with Crippen LogP contribution >= 0.6 is 0 Å². The van der Waals surface area contributed by atoms with Crippen molar-refractivity contribution in [2.24, 2.45) is 7.05 Å².